The summed E-state index contributed by atoms with van der Waals surface area (Å²) in [5.74, 6) is 0.504. The molecule has 39 heavy (non-hydrogen) atoms. The van der Waals surface area contributed by atoms with Crippen molar-refractivity contribution >= 4 is 34.3 Å². The van der Waals surface area contributed by atoms with Crippen molar-refractivity contribution in [3.8, 4) is 11.5 Å². The second kappa shape index (κ2) is 10.5. The van der Waals surface area contributed by atoms with Crippen LogP contribution in [0.15, 0.2) is 42.7 Å². The fourth-order valence-corrected chi connectivity index (χ4v) is 4.80. The molecule has 1 aliphatic rings. The van der Waals surface area contributed by atoms with Gasteiger partial charge in [-0.25, -0.2) is 18.7 Å². The predicted molar refractivity (Wildman–Crippen MR) is 146 cm³/mol. The van der Waals surface area contributed by atoms with Gasteiger partial charge >= 0.3 is 0 Å². The number of imidazole rings is 1. The predicted octanol–water partition coefficient (Wildman–Crippen LogP) is 5.54. The topological polar surface area (TPSA) is 72.7 Å². The minimum Gasteiger partial charge on any atom is -0.497 e. The molecule has 1 aliphatic carbocycles. The number of aryl methyl sites for hydroxylation is 2. The summed E-state index contributed by atoms with van der Waals surface area (Å²) < 4.78 is 41.8. The van der Waals surface area contributed by atoms with Crippen molar-refractivity contribution in [3.63, 3.8) is 0 Å². The van der Waals surface area contributed by atoms with Gasteiger partial charge in [0.15, 0.2) is 5.82 Å². The highest BCUT2D eigenvalue weighted by Crippen LogP contribution is 2.39. The average molecular weight is 536 g/mol. The molecular weight excluding hydrogens is 504 g/mol. The van der Waals surface area contributed by atoms with Crippen LogP contribution in [-0.2, 0) is 24.8 Å². The number of pyridine rings is 1. The lowest BCUT2D eigenvalue weighted by atomic mass is 10.1. The molecule has 0 unspecified atom stereocenters. The molecule has 0 bridgehead atoms. The number of fused-ring (bicyclic) bond motifs is 1. The van der Waals surface area contributed by atoms with Crippen molar-refractivity contribution in [3.05, 3.63) is 65.5 Å². The zero-order chi connectivity index (χ0) is 27.8. The maximum atomic E-state index is 15.1. The van der Waals surface area contributed by atoms with Crippen LogP contribution in [0, 0.1) is 17.6 Å². The third-order valence-electron chi connectivity index (χ3n) is 7.12. The lowest BCUT2D eigenvalue weighted by molar-refractivity contribution is -0.119. The van der Waals surface area contributed by atoms with E-state index in [-0.39, 0.29) is 24.1 Å². The highest BCUT2D eigenvalue weighted by Gasteiger charge is 2.36. The van der Waals surface area contributed by atoms with Gasteiger partial charge in [0, 0.05) is 43.8 Å². The van der Waals surface area contributed by atoms with Gasteiger partial charge in [0.25, 0.3) is 0 Å². The first-order valence-electron chi connectivity index (χ1n) is 12.8. The van der Waals surface area contributed by atoms with E-state index in [1.807, 2.05) is 30.7 Å². The molecule has 1 fully saturated rings. The fraction of sp³-hybridized carbons (Fsp3) is 0.345. The van der Waals surface area contributed by atoms with Gasteiger partial charge in [-0.05, 0) is 43.0 Å². The van der Waals surface area contributed by atoms with E-state index in [9.17, 15) is 9.18 Å². The van der Waals surface area contributed by atoms with E-state index in [1.54, 1.807) is 49.5 Å². The molecule has 204 valence electrons. The zero-order valence-electron chi connectivity index (χ0n) is 22.7. The summed E-state index contributed by atoms with van der Waals surface area (Å²) in [6, 6.07) is 9.44. The number of ether oxygens (including phenoxy) is 2. The van der Waals surface area contributed by atoms with Crippen LogP contribution >= 0.6 is 0 Å². The number of methoxy groups -OCH3 is 2. The van der Waals surface area contributed by atoms with E-state index in [0.29, 0.717) is 40.6 Å². The molecule has 0 saturated heterocycles. The molecule has 5 rings (SSSR count). The van der Waals surface area contributed by atoms with Gasteiger partial charge in [-0.15, -0.1) is 0 Å². The molecular formula is C29H31F2N5O3. The second-order valence-electron chi connectivity index (χ2n) is 9.71. The summed E-state index contributed by atoms with van der Waals surface area (Å²) in [7, 11) is 6.68. The van der Waals surface area contributed by atoms with Crippen LogP contribution in [0.1, 0.15) is 30.9 Å². The van der Waals surface area contributed by atoms with Crippen molar-refractivity contribution < 1.29 is 23.0 Å². The number of anilines is 3. The normalized spacial score (nSPS) is 13.0. The number of amides is 1. The lowest BCUT2D eigenvalue weighted by Crippen LogP contribution is -2.33. The molecule has 0 atom stereocenters. The molecule has 0 radical (unpaired) electrons. The first-order valence-corrected chi connectivity index (χ1v) is 12.8. The van der Waals surface area contributed by atoms with Gasteiger partial charge in [-0.3, -0.25) is 9.69 Å². The number of hydrogen-bond donors (Lipinski definition) is 0. The average Bonchev–Trinajstić information content (AvgIpc) is 3.72. The fourth-order valence-electron chi connectivity index (χ4n) is 4.80. The third-order valence-corrected chi connectivity index (χ3v) is 7.12. The van der Waals surface area contributed by atoms with E-state index in [0.717, 1.165) is 30.0 Å². The smallest absolute Gasteiger partial charge is 0.231 e. The highest BCUT2D eigenvalue weighted by molar-refractivity contribution is 6.02. The van der Waals surface area contributed by atoms with Crippen LogP contribution in [0.5, 0.6) is 11.5 Å². The van der Waals surface area contributed by atoms with Crippen LogP contribution in [0.2, 0.25) is 0 Å². The van der Waals surface area contributed by atoms with E-state index in [1.165, 1.54) is 6.07 Å². The van der Waals surface area contributed by atoms with E-state index < -0.39 is 11.6 Å². The molecule has 1 saturated carbocycles. The minimum absolute atomic E-state index is 0.0608. The van der Waals surface area contributed by atoms with E-state index in [4.69, 9.17) is 14.5 Å². The summed E-state index contributed by atoms with van der Waals surface area (Å²) >= 11 is 0. The quantitative estimate of drug-likeness (QED) is 0.280. The van der Waals surface area contributed by atoms with E-state index >= 15 is 4.39 Å². The highest BCUT2D eigenvalue weighted by atomic mass is 19.1. The number of nitrogens with zero attached hydrogens (tertiary/aromatic N) is 5. The van der Waals surface area contributed by atoms with Crippen molar-refractivity contribution in [1.29, 1.82) is 0 Å². The largest absolute Gasteiger partial charge is 0.497 e. The van der Waals surface area contributed by atoms with Gasteiger partial charge in [0.2, 0.25) is 5.91 Å². The Kier molecular flexibility index (Phi) is 7.12. The Labute approximate surface area is 225 Å². The van der Waals surface area contributed by atoms with Crippen LogP contribution < -0.4 is 19.3 Å². The Morgan fingerprint density at radius 3 is 2.54 bits per heavy atom. The zero-order valence-corrected chi connectivity index (χ0v) is 22.7. The lowest BCUT2D eigenvalue weighted by Gasteiger charge is -2.27. The van der Waals surface area contributed by atoms with E-state index in [2.05, 4.69) is 4.98 Å². The van der Waals surface area contributed by atoms with Crippen LogP contribution in [0.4, 0.5) is 26.1 Å². The Hall–Kier alpha value is -4.21. The number of carbonyl (C=O) groups is 1. The third kappa shape index (κ3) is 4.98. The number of aromatic nitrogens is 3. The first-order chi connectivity index (χ1) is 18.7. The Morgan fingerprint density at radius 1 is 1.10 bits per heavy atom. The van der Waals surface area contributed by atoms with Gasteiger partial charge < -0.3 is 18.9 Å². The van der Waals surface area contributed by atoms with Crippen molar-refractivity contribution in [2.75, 3.05) is 31.1 Å². The molecule has 1 amide bonds. The van der Waals surface area contributed by atoms with Gasteiger partial charge in [0.1, 0.15) is 34.5 Å². The van der Waals surface area contributed by atoms with Crippen LogP contribution in [-0.4, -0.2) is 41.7 Å². The SMILES string of the molecule is CCc1cc(F)cc(F)c1N(C)c1cc2c(ncn2C)c(N(Cc2ccc(OC)cc2OC)C(=O)C2CC2)n1. The van der Waals surface area contributed by atoms with Crippen molar-refractivity contribution in [2.24, 2.45) is 13.0 Å². The maximum absolute atomic E-state index is 15.1. The second-order valence-corrected chi connectivity index (χ2v) is 9.71. The van der Waals surface area contributed by atoms with Crippen LogP contribution in [0.25, 0.3) is 11.0 Å². The Balaban J connectivity index is 1.66. The number of benzene rings is 2. The molecule has 2 aromatic carbocycles. The molecule has 4 aromatic rings. The molecule has 2 heterocycles. The number of hydrogen-bond acceptors (Lipinski definition) is 6. The molecule has 10 heteroatoms. The first kappa shape index (κ1) is 26.4. The monoisotopic (exact) mass is 535 g/mol. The molecule has 2 aromatic heterocycles. The summed E-state index contributed by atoms with van der Waals surface area (Å²) in [6.07, 6.45) is 3.70. The summed E-state index contributed by atoms with van der Waals surface area (Å²) in [5.41, 5.74) is 2.78. The molecule has 0 spiro atoms. The van der Waals surface area contributed by atoms with Crippen molar-refractivity contribution in [1.82, 2.24) is 14.5 Å². The maximum Gasteiger partial charge on any atom is 0.231 e. The van der Waals surface area contributed by atoms with Crippen LogP contribution in [0.3, 0.4) is 0 Å². The van der Waals surface area contributed by atoms with Crippen molar-refractivity contribution in [2.45, 2.75) is 32.7 Å². The van der Waals surface area contributed by atoms with Gasteiger partial charge in [-0.2, -0.15) is 0 Å². The summed E-state index contributed by atoms with van der Waals surface area (Å²) in [6.45, 7) is 2.03. The molecule has 0 N–H and O–H groups in total. The number of halogens is 2. The van der Waals surface area contributed by atoms with Gasteiger partial charge in [0.05, 0.1) is 38.3 Å². The number of carbonyl (C=O) groups excluding carboxylic acids is 1. The molecule has 8 nitrogen and oxygen atoms in total. The van der Waals surface area contributed by atoms with Gasteiger partial charge in [-0.1, -0.05) is 6.92 Å². The minimum atomic E-state index is -0.684. The molecule has 0 aliphatic heterocycles. The summed E-state index contributed by atoms with van der Waals surface area (Å²) in [4.78, 5) is 26.4. The Morgan fingerprint density at radius 2 is 1.87 bits per heavy atom. The summed E-state index contributed by atoms with van der Waals surface area (Å²) in [5, 5.41) is 0. The number of rotatable bonds is 9. The standard InChI is InChI=1S/C29H31F2N5O3/c1-6-17-11-20(30)12-22(31)27(17)35(3)25-14-23-26(32-16-34(23)2)28(33-25)36(29(37)18-7-8-18)15-19-9-10-21(38-4)13-24(19)39-5/h9-14,16,18H,6-8,15H2,1-5H3. The Bertz CT molecular complexity index is 1550.